The zero-order valence-corrected chi connectivity index (χ0v) is 8.76. The lowest BCUT2D eigenvalue weighted by molar-refractivity contribution is 0.497. The molecule has 0 rings (SSSR count). The van der Waals surface area contributed by atoms with E-state index in [9.17, 15) is 4.39 Å². The maximum Gasteiger partial charge on any atom is 0.122 e. The van der Waals surface area contributed by atoms with E-state index in [0.29, 0.717) is 5.70 Å². The van der Waals surface area contributed by atoms with Gasteiger partial charge in [-0.25, -0.2) is 4.39 Å². The standard InChI is InChI=1S/C11H18FN/c1-5-6-9(12)7-8-10(13)11(2,3)4/h5-8H,13H2,1-4H3/b6-5-,9-7+,10-8-. The molecule has 0 aromatic rings. The molecule has 0 aliphatic heterocycles. The van der Waals surface area contributed by atoms with E-state index in [0.717, 1.165) is 0 Å². The van der Waals surface area contributed by atoms with E-state index in [4.69, 9.17) is 5.73 Å². The fourth-order valence-electron chi connectivity index (χ4n) is 0.634. The van der Waals surface area contributed by atoms with Crippen LogP contribution in [-0.4, -0.2) is 0 Å². The minimum absolute atomic E-state index is 0.104. The summed E-state index contributed by atoms with van der Waals surface area (Å²) in [4.78, 5) is 0. The summed E-state index contributed by atoms with van der Waals surface area (Å²) in [5.74, 6) is -0.283. The lowest BCUT2D eigenvalue weighted by Gasteiger charge is -2.18. The molecular formula is C11H18FN. The molecule has 0 fully saturated rings. The van der Waals surface area contributed by atoms with Crippen LogP contribution in [0.3, 0.4) is 0 Å². The number of hydrogen-bond acceptors (Lipinski definition) is 1. The SMILES string of the molecule is C\C=C/C(F)=C\C=C(/N)C(C)(C)C. The quantitative estimate of drug-likeness (QED) is 0.653. The van der Waals surface area contributed by atoms with Crippen molar-refractivity contribution in [1.82, 2.24) is 0 Å². The van der Waals surface area contributed by atoms with Crippen molar-refractivity contribution >= 4 is 0 Å². The molecule has 13 heavy (non-hydrogen) atoms. The second-order valence-corrected chi connectivity index (χ2v) is 3.92. The molecule has 0 aromatic heterocycles. The van der Waals surface area contributed by atoms with E-state index in [-0.39, 0.29) is 11.2 Å². The van der Waals surface area contributed by atoms with Crippen molar-refractivity contribution in [1.29, 1.82) is 0 Å². The lowest BCUT2D eigenvalue weighted by atomic mass is 9.92. The van der Waals surface area contributed by atoms with Crippen LogP contribution in [0.5, 0.6) is 0 Å². The van der Waals surface area contributed by atoms with Crippen LogP contribution >= 0.6 is 0 Å². The normalized spacial score (nSPS) is 15.5. The molecule has 1 nitrogen and oxygen atoms in total. The summed E-state index contributed by atoms with van der Waals surface area (Å²) in [6.07, 6.45) is 6.02. The van der Waals surface area contributed by atoms with Gasteiger partial charge in [-0.15, -0.1) is 0 Å². The van der Waals surface area contributed by atoms with Gasteiger partial charge in [-0.05, 0) is 25.2 Å². The third kappa shape index (κ3) is 5.23. The van der Waals surface area contributed by atoms with Crippen LogP contribution in [0.15, 0.2) is 35.8 Å². The highest BCUT2D eigenvalue weighted by Crippen LogP contribution is 2.20. The largest absolute Gasteiger partial charge is 0.402 e. The van der Waals surface area contributed by atoms with Crippen LogP contribution in [0.25, 0.3) is 0 Å². The maximum atomic E-state index is 12.8. The minimum Gasteiger partial charge on any atom is -0.402 e. The fraction of sp³-hybridized carbons (Fsp3) is 0.455. The number of allylic oxidation sites excluding steroid dienone is 6. The molecule has 0 bridgehead atoms. The van der Waals surface area contributed by atoms with Crippen molar-refractivity contribution in [2.75, 3.05) is 0 Å². The Hall–Kier alpha value is -1.05. The Morgan fingerprint density at radius 2 is 1.77 bits per heavy atom. The first-order chi connectivity index (χ1) is 5.88. The zero-order chi connectivity index (χ0) is 10.5. The Bertz CT molecular complexity index is 241. The highest BCUT2D eigenvalue weighted by atomic mass is 19.1. The van der Waals surface area contributed by atoms with Crippen LogP contribution in [0.1, 0.15) is 27.7 Å². The van der Waals surface area contributed by atoms with Gasteiger partial charge < -0.3 is 5.73 Å². The number of hydrogen-bond donors (Lipinski definition) is 1. The minimum atomic E-state index is -0.283. The van der Waals surface area contributed by atoms with Gasteiger partial charge in [0.1, 0.15) is 5.83 Å². The van der Waals surface area contributed by atoms with Crippen molar-refractivity contribution in [2.24, 2.45) is 11.1 Å². The zero-order valence-electron chi connectivity index (χ0n) is 8.76. The van der Waals surface area contributed by atoms with Crippen molar-refractivity contribution in [2.45, 2.75) is 27.7 Å². The average molecular weight is 183 g/mol. The molecule has 2 N–H and O–H groups in total. The van der Waals surface area contributed by atoms with Gasteiger partial charge >= 0.3 is 0 Å². The Balaban J connectivity index is 4.51. The van der Waals surface area contributed by atoms with Gasteiger partial charge in [0.25, 0.3) is 0 Å². The third-order valence-corrected chi connectivity index (χ3v) is 1.61. The van der Waals surface area contributed by atoms with Crippen molar-refractivity contribution in [3.63, 3.8) is 0 Å². The topological polar surface area (TPSA) is 26.0 Å². The molecule has 0 aromatic carbocycles. The molecule has 0 aliphatic carbocycles. The molecule has 0 saturated heterocycles. The Morgan fingerprint density at radius 1 is 1.23 bits per heavy atom. The van der Waals surface area contributed by atoms with Gasteiger partial charge in [0.05, 0.1) is 0 Å². The van der Waals surface area contributed by atoms with Crippen molar-refractivity contribution in [3.8, 4) is 0 Å². The van der Waals surface area contributed by atoms with Crippen LogP contribution in [-0.2, 0) is 0 Å². The number of nitrogens with two attached hydrogens (primary N) is 1. The smallest absolute Gasteiger partial charge is 0.122 e. The first kappa shape index (κ1) is 11.9. The molecular weight excluding hydrogens is 165 g/mol. The Kier molecular flexibility index (Phi) is 4.46. The van der Waals surface area contributed by atoms with E-state index in [1.165, 1.54) is 12.2 Å². The Morgan fingerprint density at radius 3 is 2.15 bits per heavy atom. The van der Waals surface area contributed by atoms with Crippen LogP contribution in [0, 0.1) is 5.41 Å². The summed E-state index contributed by atoms with van der Waals surface area (Å²) in [7, 11) is 0. The summed E-state index contributed by atoms with van der Waals surface area (Å²) >= 11 is 0. The average Bonchev–Trinajstić information content (AvgIpc) is 1.99. The second kappa shape index (κ2) is 4.85. The van der Waals surface area contributed by atoms with E-state index in [1.54, 1.807) is 19.1 Å². The van der Waals surface area contributed by atoms with E-state index in [1.807, 2.05) is 20.8 Å². The molecule has 74 valence electrons. The molecule has 0 aliphatic rings. The van der Waals surface area contributed by atoms with Crippen LogP contribution < -0.4 is 5.73 Å². The van der Waals surface area contributed by atoms with Crippen molar-refractivity contribution < 1.29 is 4.39 Å². The van der Waals surface area contributed by atoms with Gasteiger partial charge in [0, 0.05) is 11.1 Å². The summed E-state index contributed by atoms with van der Waals surface area (Å²) in [5.41, 5.74) is 6.29. The third-order valence-electron chi connectivity index (χ3n) is 1.61. The van der Waals surface area contributed by atoms with Gasteiger partial charge in [0.2, 0.25) is 0 Å². The molecule has 0 atom stereocenters. The summed E-state index contributed by atoms with van der Waals surface area (Å²) < 4.78 is 12.8. The molecule has 0 saturated carbocycles. The first-order valence-corrected chi connectivity index (χ1v) is 4.34. The van der Waals surface area contributed by atoms with Crippen LogP contribution in [0.2, 0.25) is 0 Å². The predicted molar refractivity (Wildman–Crippen MR) is 55.7 cm³/mol. The highest BCUT2D eigenvalue weighted by Gasteiger charge is 2.12. The lowest BCUT2D eigenvalue weighted by Crippen LogP contribution is -2.16. The molecule has 0 spiro atoms. The first-order valence-electron chi connectivity index (χ1n) is 4.34. The number of rotatable bonds is 2. The van der Waals surface area contributed by atoms with Crippen LogP contribution in [0.4, 0.5) is 4.39 Å². The Labute approximate surface area is 79.8 Å². The molecule has 0 radical (unpaired) electrons. The fourth-order valence-corrected chi connectivity index (χ4v) is 0.634. The van der Waals surface area contributed by atoms with Crippen molar-refractivity contribution in [3.05, 3.63) is 35.8 Å². The summed E-state index contributed by atoms with van der Waals surface area (Å²) in [6.45, 7) is 7.73. The molecule has 0 unspecified atom stereocenters. The monoisotopic (exact) mass is 183 g/mol. The van der Waals surface area contributed by atoms with E-state index >= 15 is 0 Å². The molecule has 0 amide bonds. The van der Waals surface area contributed by atoms with Gasteiger partial charge in [-0.3, -0.25) is 0 Å². The highest BCUT2D eigenvalue weighted by molar-refractivity contribution is 5.21. The number of halogens is 1. The van der Waals surface area contributed by atoms with E-state index in [2.05, 4.69) is 0 Å². The second-order valence-electron chi connectivity index (χ2n) is 3.92. The summed E-state index contributed by atoms with van der Waals surface area (Å²) in [6, 6.07) is 0. The van der Waals surface area contributed by atoms with E-state index < -0.39 is 0 Å². The van der Waals surface area contributed by atoms with Gasteiger partial charge in [0.15, 0.2) is 0 Å². The maximum absolute atomic E-state index is 12.8. The van der Waals surface area contributed by atoms with Gasteiger partial charge in [-0.1, -0.05) is 26.8 Å². The van der Waals surface area contributed by atoms with Gasteiger partial charge in [-0.2, -0.15) is 0 Å². The summed E-state index contributed by atoms with van der Waals surface area (Å²) in [5, 5.41) is 0. The predicted octanol–water partition coefficient (Wildman–Crippen LogP) is 3.30. The molecule has 2 heteroatoms. The molecule has 0 heterocycles.